The molecule has 4 heterocycles. The first-order chi connectivity index (χ1) is 11.4. The molecule has 4 unspecified atom stereocenters. The molecule has 134 valence electrons. The molecule has 24 heavy (non-hydrogen) atoms. The predicted molar refractivity (Wildman–Crippen MR) is 86.2 cm³/mol. The zero-order valence-electron chi connectivity index (χ0n) is 15.0. The molecule has 0 N–H and O–H groups in total. The second kappa shape index (κ2) is 5.69. The Morgan fingerprint density at radius 1 is 1.17 bits per heavy atom. The minimum absolute atomic E-state index is 0.168. The SMILES string of the molecule is C#CC(C)O[C@H]1OC2O[C@]3(C)CCC4[C@H](C)CCC([C@H]1C)[C@@]24OO3. The molecule has 1 spiro atoms. The van der Waals surface area contributed by atoms with Crippen molar-refractivity contribution in [1.82, 2.24) is 0 Å². The van der Waals surface area contributed by atoms with E-state index in [0.717, 1.165) is 19.3 Å². The molecular formula is C19H28O5. The van der Waals surface area contributed by atoms with Gasteiger partial charge in [-0.2, -0.15) is 0 Å². The molecule has 2 bridgehead atoms. The molecule has 4 saturated heterocycles. The summed E-state index contributed by atoms with van der Waals surface area (Å²) in [6.07, 6.45) is 8.44. The highest BCUT2D eigenvalue weighted by atomic mass is 17.3. The van der Waals surface area contributed by atoms with Gasteiger partial charge in [-0.05, 0) is 44.9 Å². The number of terminal acetylenes is 1. The lowest BCUT2D eigenvalue weighted by Crippen LogP contribution is -2.70. The fraction of sp³-hybridized carbons (Fsp3) is 0.895. The van der Waals surface area contributed by atoms with Gasteiger partial charge in [0, 0.05) is 18.3 Å². The summed E-state index contributed by atoms with van der Waals surface area (Å²) in [4.78, 5) is 11.9. The topological polar surface area (TPSA) is 46.2 Å². The van der Waals surface area contributed by atoms with Crippen LogP contribution in [-0.4, -0.2) is 30.1 Å². The first-order valence-corrected chi connectivity index (χ1v) is 9.21. The molecule has 5 aliphatic rings. The molecule has 5 heteroatoms. The lowest BCUT2D eigenvalue weighted by molar-refractivity contribution is -0.577. The highest BCUT2D eigenvalue weighted by Gasteiger charge is 2.69. The van der Waals surface area contributed by atoms with Crippen molar-refractivity contribution in [3.63, 3.8) is 0 Å². The minimum atomic E-state index is -0.750. The van der Waals surface area contributed by atoms with Gasteiger partial charge in [0.15, 0.2) is 18.2 Å². The van der Waals surface area contributed by atoms with E-state index in [9.17, 15) is 0 Å². The molecule has 0 radical (unpaired) electrons. The van der Waals surface area contributed by atoms with E-state index in [4.69, 9.17) is 30.4 Å². The molecule has 5 rings (SSSR count). The summed E-state index contributed by atoms with van der Waals surface area (Å²) in [6.45, 7) is 8.27. The van der Waals surface area contributed by atoms with Crippen molar-refractivity contribution in [2.75, 3.05) is 0 Å². The molecule has 0 aromatic heterocycles. The third kappa shape index (κ3) is 2.28. The summed E-state index contributed by atoms with van der Waals surface area (Å²) in [6, 6.07) is 0. The van der Waals surface area contributed by atoms with Crippen LogP contribution in [0.5, 0.6) is 0 Å². The van der Waals surface area contributed by atoms with Crippen LogP contribution < -0.4 is 0 Å². The standard InChI is InChI=1S/C19H28O5/c1-6-12(3)20-16-13(4)15-8-7-11(2)14-9-10-18(5)22-17(21-16)19(14,15)24-23-18/h1,11-17H,7-10H2,2-5H3/t11-,12?,13-,14?,15?,16+,17?,18+,19-/m1/s1. The smallest absolute Gasteiger partial charge is 0.201 e. The molecule has 4 aliphatic heterocycles. The fourth-order valence-corrected chi connectivity index (χ4v) is 5.27. The quantitative estimate of drug-likeness (QED) is 0.572. The third-order valence-electron chi connectivity index (χ3n) is 6.67. The highest BCUT2D eigenvalue weighted by Crippen LogP contribution is 2.60. The van der Waals surface area contributed by atoms with Crippen molar-refractivity contribution < 1.29 is 24.0 Å². The van der Waals surface area contributed by atoms with Crippen molar-refractivity contribution in [3.8, 4) is 12.3 Å². The Balaban J connectivity index is 1.71. The predicted octanol–water partition coefficient (Wildman–Crippen LogP) is 3.23. The monoisotopic (exact) mass is 336 g/mol. The Morgan fingerprint density at radius 3 is 2.71 bits per heavy atom. The van der Waals surface area contributed by atoms with Gasteiger partial charge in [0.05, 0.1) is 0 Å². The molecule has 5 fully saturated rings. The van der Waals surface area contributed by atoms with Gasteiger partial charge in [-0.15, -0.1) is 6.42 Å². The lowest BCUT2D eigenvalue weighted by Gasteiger charge is -2.60. The van der Waals surface area contributed by atoms with Crippen LogP contribution in [0.2, 0.25) is 0 Å². The fourth-order valence-electron chi connectivity index (χ4n) is 5.27. The van der Waals surface area contributed by atoms with E-state index < -0.39 is 17.7 Å². The Bertz CT molecular complexity index is 544. The number of hydrogen-bond acceptors (Lipinski definition) is 5. The van der Waals surface area contributed by atoms with Crippen LogP contribution in [0.4, 0.5) is 0 Å². The summed E-state index contributed by atoms with van der Waals surface area (Å²) in [5.41, 5.74) is -0.535. The van der Waals surface area contributed by atoms with Crippen LogP contribution in [0.25, 0.3) is 0 Å². The van der Waals surface area contributed by atoms with Crippen LogP contribution in [0.15, 0.2) is 0 Å². The molecule has 0 amide bonds. The van der Waals surface area contributed by atoms with Gasteiger partial charge in [-0.1, -0.05) is 19.8 Å². The first kappa shape index (κ1) is 16.8. The summed E-state index contributed by atoms with van der Waals surface area (Å²) >= 11 is 0. The number of fused-ring (bicyclic) bond motifs is 2. The van der Waals surface area contributed by atoms with Crippen LogP contribution in [0, 0.1) is 36.0 Å². The number of ether oxygens (including phenoxy) is 3. The zero-order valence-corrected chi connectivity index (χ0v) is 15.0. The van der Waals surface area contributed by atoms with E-state index in [1.54, 1.807) is 0 Å². The molecule has 1 aliphatic carbocycles. The van der Waals surface area contributed by atoms with Crippen LogP contribution in [0.1, 0.15) is 53.4 Å². The van der Waals surface area contributed by atoms with Crippen molar-refractivity contribution in [2.24, 2.45) is 23.7 Å². The average Bonchev–Trinajstić information content (AvgIpc) is 2.78. The zero-order chi connectivity index (χ0) is 17.1. The number of rotatable bonds is 2. The van der Waals surface area contributed by atoms with E-state index in [1.165, 1.54) is 6.42 Å². The molecule has 0 aromatic rings. The van der Waals surface area contributed by atoms with Gasteiger partial charge in [-0.3, -0.25) is 0 Å². The third-order valence-corrected chi connectivity index (χ3v) is 6.67. The maximum atomic E-state index is 6.28. The van der Waals surface area contributed by atoms with E-state index in [2.05, 4.69) is 19.8 Å². The van der Waals surface area contributed by atoms with Crippen molar-refractivity contribution in [1.29, 1.82) is 0 Å². The van der Waals surface area contributed by atoms with Gasteiger partial charge >= 0.3 is 0 Å². The normalized spacial score (nSPS) is 54.5. The summed E-state index contributed by atoms with van der Waals surface area (Å²) in [7, 11) is 0. The van der Waals surface area contributed by atoms with Crippen molar-refractivity contribution in [2.45, 2.75) is 83.5 Å². The van der Waals surface area contributed by atoms with Gasteiger partial charge in [-0.25, -0.2) is 9.78 Å². The Kier molecular flexibility index (Phi) is 3.98. The second-order valence-corrected chi connectivity index (χ2v) is 8.22. The van der Waals surface area contributed by atoms with Crippen molar-refractivity contribution >= 4 is 0 Å². The Morgan fingerprint density at radius 2 is 1.96 bits per heavy atom. The maximum Gasteiger partial charge on any atom is 0.201 e. The summed E-state index contributed by atoms with van der Waals surface area (Å²) in [5.74, 6) is 3.25. The first-order valence-electron chi connectivity index (χ1n) is 9.21. The van der Waals surface area contributed by atoms with Gasteiger partial charge in [0.1, 0.15) is 6.10 Å². The van der Waals surface area contributed by atoms with Crippen LogP contribution in [0.3, 0.4) is 0 Å². The molecule has 9 atom stereocenters. The van der Waals surface area contributed by atoms with E-state index in [0.29, 0.717) is 11.8 Å². The molecule has 1 saturated carbocycles. The van der Waals surface area contributed by atoms with Gasteiger partial charge < -0.3 is 14.2 Å². The van der Waals surface area contributed by atoms with Gasteiger partial charge in [0.2, 0.25) is 5.79 Å². The molecule has 5 nitrogen and oxygen atoms in total. The largest absolute Gasteiger partial charge is 0.337 e. The van der Waals surface area contributed by atoms with E-state index in [-0.39, 0.29) is 24.2 Å². The minimum Gasteiger partial charge on any atom is -0.337 e. The van der Waals surface area contributed by atoms with Crippen LogP contribution >= 0.6 is 0 Å². The summed E-state index contributed by atoms with van der Waals surface area (Å²) < 4.78 is 18.5. The molecular weight excluding hydrogens is 308 g/mol. The Hall–Kier alpha value is -0.640. The van der Waals surface area contributed by atoms with Gasteiger partial charge in [0.25, 0.3) is 0 Å². The number of hydrogen-bond donors (Lipinski definition) is 0. The molecule has 0 aromatic carbocycles. The average molecular weight is 336 g/mol. The van der Waals surface area contributed by atoms with Crippen LogP contribution in [-0.2, 0) is 24.0 Å². The Labute approximate surface area is 144 Å². The van der Waals surface area contributed by atoms with E-state index >= 15 is 0 Å². The maximum absolute atomic E-state index is 6.28. The van der Waals surface area contributed by atoms with E-state index in [1.807, 2.05) is 13.8 Å². The highest BCUT2D eigenvalue weighted by molar-refractivity contribution is 5.09. The summed E-state index contributed by atoms with van der Waals surface area (Å²) in [5, 5.41) is 0. The lowest BCUT2D eigenvalue weighted by atomic mass is 9.58. The van der Waals surface area contributed by atoms with Crippen molar-refractivity contribution in [3.05, 3.63) is 0 Å². The second-order valence-electron chi connectivity index (χ2n) is 8.22.